The Morgan fingerprint density at radius 2 is 1.86 bits per heavy atom. The van der Waals surface area contributed by atoms with E-state index in [2.05, 4.69) is 5.92 Å². The predicted octanol–water partition coefficient (Wildman–Crippen LogP) is 0.311. The third-order valence-electron chi connectivity index (χ3n) is 4.40. The number of sulfonamides is 1. The van der Waals surface area contributed by atoms with Gasteiger partial charge in [-0.3, -0.25) is 0 Å². The third kappa shape index (κ3) is 5.70. The maximum Gasteiger partial charge on any atom is 0.244 e. The predicted molar refractivity (Wildman–Crippen MR) is 106 cm³/mol. The Balaban J connectivity index is 2.14. The maximum atomic E-state index is 12.9. The van der Waals surface area contributed by atoms with E-state index in [1.807, 2.05) is 0 Å². The van der Waals surface area contributed by atoms with Gasteiger partial charge in [0.25, 0.3) is 0 Å². The van der Waals surface area contributed by atoms with E-state index in [0.29, 0.717) is 5.75 Å². The fourth-order valence-electron chi connectivity index (χ4n) is 2.78. The van der Waals surface area contributed by atoms with Crippen molar-refractivity contribution in [2.75, 3.05) is 36.2 Å². The van der Waals surface area contributed by atoms with E-state index in [1.165, 1.54) is 24.3 Å². The van der Waals surface area contributed by atoms with Gasteiger partial charge < -0.3 is 4.74 Å². The lowest BCUT2D eigenvalue weighted by Gasteiger charge is -2.25. The minimum atomic E-state index is -3.99. The van der Waals surface area contributed by atoms with Crippen LogP contribution in [0.5, 0.6) is 5.75 Å². The Bertz CT molecular complexity index is 1040. The molecule has 11 heteroatoms. The van der Waals surface area contributed by atoms with Gasteiger partial charge >= 0.3 is 0 Å². The summed E-state index contributed by atoms with van der Waals surface area (Å²) in [6.45, 7) is 1.29. The van der Waals surface area contributed by atoms with Crippen LogP contribution >= 0.6 is 0 Å². The van der Waals surface area contributed by atoms with Gasteiger partial charge in [0.2, 0.25) is 10.0 Å². The van der Waals surface area contributed by atoms with Gasteiger partial charge in [0, 0.05) is 11.8 Å². The second-order valence-electron chi connectivity index (χ2n) is 6.37. The summed E-state index contributed by atoms with van der Waals surface area (Å²) >= 11 is 0. The van der Waals surface area contributed by atoms with Gasteiger partial charge in [0.1, 0.15) is 12.4 Å². The first-order valence-electron chi connectivity index (χ1n) is 8.60. The summed E-state index contributed by atoms with van der Waals surface area (Å²) in [6, 6.07) is 4.80. The van der Waals surface area contributed by atoms with Crippen LogP contribution in [0.4, 0.5) is 0 Å². The number of ether oxygens (including phenoxy) is 1. The van der Waals surface area contributed by atoms with E-state index in [0.717, 1.165) is 4.31 Å². The molecule has 8 nitrogen and oxygen atoms in total. The SMILES string of the molecule is C#CCN(C1CCS(=O)(=O)C1)S(=O)(=O)c1ccc(OCCS(=O)(=O)CC)cc1. The Morgan fingerprint density at radius 3 is 2.36 bits per heavy atom. The smallest absolute Gasteiger partial charge is 0.244 e. The van der Waals surface area contributed by atoms with Crippen molar-refractivity contribution < 1.29 is 30.0 Å². The van der Waals surface area contributed by atoms with Crippen LogP contribution in [0.3, 0.4) is 0 Å². The largest absolute Gasteiger partial charge is 0.493 e. The molecule has 1 fully saturated rings. The number of terminal acetylenes is 1. The molecule has 0 spiro atoms. The van der Waals surface area contributed by atoms with Gasteiger partial charge in [-0.25, -0.2) is 25.3 Å². The number of hydrogen-bond acceptors (Lipinski definition) is 7. The van der Waals surface area contributed by atoms with E-state index in [9.17, 15) is 25.3 Å². The molecule has 1 aromatic carbocycles. The summed E-state index contributed by atoms with van der Waals surface area (Å²) < 4.78 is 78.6. The molecule has 1 saturated heterocycles. The highest BCUT2D eigenvalue weighted by Crippen LogP contribution is 2.26. The first kappa shape index (κ1) is 22.7. The van der Waals surface area contributed by atoms with E-state index in [1.54, 1.807) is 6.92 Å². The second kappa shape index (κ2) is 8.82. The van der Waals surface area contributed by atoms with Crippen molar-refractivity contribution in [1.29, 1.82) is 0 Å². The first-order valence-corrected chi connectivity index (χ1v) is 13.7. The number of nitrogens with zero attached hydrogens (tertiary/aromatic N) is 1. The summed E-state index contributed by atoms with van der Waals surface area (Å²) in [7, 11) is -10.4. The summed E-state index contributed by atoms with van der Waals surface area (Å²) in [5.41, 5.74) is 0. The number of sulfone groups is 2. The van der Waals surface area contributed by atoms with E-state index in [-0.39, 0.29) is 47.5 Å². The van der Waals surface area contributed by atoms with Crippen molar-refractivity contribution in [3.05, 3.63) is 24.3 Å². The van der Waals surface area contributed by atoms with E-state index < -0.39 is 35.7 Å². The highest BCUT2D eigenvalue weighted by Gasteiger charge is 2.38. The molecule has 0 bridgehead atoms. The molecule has 0 radical (unpaired) electrons. The lowest BCUT2D eigenvalue weighted by molar-refractivity contribution is 0.340. The van der Waals surface area contributed by atoms with Gasteiger partial charge in [-0.15, -0.1) is 6.42 Å². The lowest BCUT2D eigenvalue weighted by atomic mass is 10.3. The monoisotopic (exact) mass is 449 g/mol. The fourth-order valence-corrected chi connectivity index (χ4v) is 6.80. The van der Waals surface area contributed by atoms with Crippen molar-refractivity contribution in [1.82, 2.24) is 4.31 Å². The molecule has 2 rings (SSSR count). The number of hydrogen-bond donors (Lipinski definition) is 0. The van der Waals surface area contributed by atoms with Crippen LogP contribution < -0.4 is 4.74 Å². The molecule has 1 aromatic rings. The molecule has 156 valence electrons. The Kier molecular flexibility index (Phi) is 7.14. The third-order valence-corrected chi connectivity index (χ3v) is 9.73. The highest BCUT2D eigenvalue weighted by atomic mass is 32.2. The lowest BCUT2D eigenvalue weighted by Crippen LogP contribution is -2.41. The molecule has 1 aliphatic heterocycles. The average molecular weight is 450 g/mol. The van der Waals surface area contributed by atoms with Crippen molar-refractivity contribution in [2.24, 2.45) is 0 Å². The molecular weight excluding hydrogens is 426 g/mol. The second-order valence-corrected chi connectivity index (χ2v) is 13.0. The molecule has 0 saturated carbocycles. The molecule has 1 heterocycles. The molecule has 0 amide bonds. The quantitative estimate of drug-likeness (QED) is 0.498. The first-order chi connectivity index (χ1) is 13.0. The molecule has 0 aliphatic carbocycles. The topological polar surface area (TPSA) is 115 Å². The van der Waals surface area contributed by atoms with Gasteiger partial charge in [-0.05, 0) is 30.7 Å². The van der Waals surface area contributed by atoms with Crippen LogP contribution in [-0.4, -0.2) is 71.8 Å². The molecule has 1 aliphatic rings. The van der Waals surface area contributed by atoms with E-state index >= 15 is 0 Å². The van der Waals surface area contributed by atoms with Crippen molar-refractivity contribution in [3.63, 3.8) is 0 Å². The molecule has 28 heavy (non-hydrogen) atoms. The van der Waals surface area contributed by atoms with Crippen molar-refractivity contribution >= 4 is 29.7 Å². The van der Waals surface area contributed by atoms with Crippen LogP contribution in [0.1, 0.15) is 13.3 Å². The van der Waals surface area contributed by atoms with Crippen molar-refractivity contribution in [2.45, 2.75) is 24.3 Å². The van der Waals surface area contributed by atoms with Crippen LogP contribution in [0.2, 0.25) is 0 Å². The zero-order valence-corrected chi connectivity index (χ0v) is 17.9. The fraction of sp³-hybridized carbons (Fsp3) is 0.529. The molecular formula is C17H23NO7S3. The van der Waals surface area contributed by atoms with Gasteiger partial charge in [0.15, 0.2) is 19.7 Å². The van der Waals surface area contributed by atoms with Crippen LogP contribution in [0.25, 0.3) is 0 Å². The summed E-state index contributed by atoms with van der Waals surface area (Å²) in [5, 5.41) is 0. The van der Waals surface area contributed by atoms with Crippen LogP contribution in [0.15, 0.2) is 29.2 Å². The summed E-state index contributed by atoms with van der Waals surface area (Å²) in [4.78, 5) is -0.0411. The zero-order chi connectivity index (χ0) is 21.0. The summed E-state index contributed by atoms with van der Waals surface area (Å²) in [5.74, 6) is 2.19. The van der Waals surface area contributed by atoms with Gasteiger partial charge in [-0.1, -0.05) is 12.8 Å². The van der Waals surface area contributed by atoms with Crippen molar-refractivity contribution in [3.8, 4) is 18.1 Å². The molecule has 1 atom stereocenters. The number of benzene rings is 1. The Hall–Kier alpha value is -1.61. The van der Waals surface area contributed by atoms with Gasteiger partial charge in [-0.2, -0.15) is 4.31 Å². The van der Waals surface area contributed by atoms with Gasteiger partial charge in [0.05, 0.1) is 28.7 Å². The normalized spacial score (nSPS) is 19.4. The standard InChI is InChI=1S/C17H23NO7S3/c1-3-10-18(15-9-12-27(21,22)14-15)28(23,24)17-7-5-16(6-8-17)25-11-13-26(19,20)4-2/h1,5-8,15H,4,9-14H2,2H3. The molecule has 0 N–H and O–H groups in total. The minimum Gasteiger partial charge on any atom is -0.493 e. The highest BCUT2D eigenvalue weighted by molar-refractivity contribution is 7.92. The van der Waals surface area contributed by atoms with E-state index in [4.69, 9.17) is 11.2 Å². The Labute approximate surface area is 166 Å². The Morgan fingerprint density at radius 1 is 1.21 bits per heavy atom. The zero-order valence-electron chi connectivity index (χ0n) is 15.4. The summed E-state index contributed by atoms with van der Waals surface area (Å²) in [6.07, 6.45) is 5.49. The van der Waals surface area contributed by atoms with Crippen LogP contribution in [0, 0.1) is 12.3 Å². The molecule has 0 aromatic heterocycles. The number of rotatable bonds is 9. The molecule has 1 unspecified atom stereocenters. The minimum absolute atomic E-state index is 0.0233. The maximum absolute atomic E-state index is 12.9. The van der Waals surface area contributed by atoms with Crippen LogP contribution in [-0.2, 0) is 29.7 Å². The average Bonchev–Trinajstić information content (AvgIpc) is 2.99.